The molecule has 2 aromatic rings. The number of nitrogens with zero attached hydrogens (tertiary/aromatic N) is 5. The Morgan fingerprint density at radius 3 is 2.50 bits per heavy atom. The minimum absolute atomic E-state index is 0.536. The molecule has 7 heteroatoms. The monoisotopic (exact) mass is 345 g/mol. The smallest absolute Gasteiger partial charge is 0.218 e. The van der Waals surface area contributed by atoms with E-state index in [1.54, 1.807) is 24.8 Å². The Kier molecular flexibility index (Phi) is 4.26. The van der Waals surface area contributed by atoms with E-state index in [9.17, 15) is 0 Å². The Hall–Kier alpha value is -1.89. The van der Waals surface area contributed by atoms with Crippen molar-refractivity contribution in [2.24, 2.45) is 0 Å². The van der Waals surface area contributed by atoms with Crippen LogP contribution in [0.1, 0.15) is 30.6 Å². The fourth-order valence-electron chi connectivity index (χ4n) is 3.43. The zero-order chi connectivity index (χ0) is 16.5. The van der Waals surface area contributed by atoms with Crippen molar-refractivity contribution < 1.29 is 4.74 Å². The molecule has 2 fully saturated rings. The summed E-state index contributed by atoms with van der Waals surface area (Å²) >= 11 is 1.79. The molecule has 0 spiro atoms. The van der Waals surface area contributed by atoms with Crippen molar-refractivity contribution in [3.63, 3.8) is 0 Å². The third-order valence-corrected chi connectivity index (χ3v) is 5.75. The molecule has 0 atom stereocenters. The van der Waals surface area contributed by atoms with Crippen LogP contribution in [0.5, 0.6) is 5.88 Å². The van der Waals surface area contributed by atoms with E-state index in [4.69, 9.17) is 4.74 Å². The summed E-state index contributed by atoms with van der Waals surface area (Å²) in [6, 6.07) is 3.13. The Bertz CT molecular complexity index is 694. The number of hydrogen-bond acceptors (Lipinski definition) is 7. The van der Waals surface area contributed by atoms with E-state index in [2.05, 4.69) is 31.7 Å². The van der Waals surface area contributed by atoms with Crippen LogP contribution in [0.4, 0.5) is 10.9 Å². The molecule has 0 radical (unpaired) electrons. The first-order valence-electron chi connectivity index (χ1n) is 8.56. The molecular weight excluding hydrogens is 322 g/mol. The highest BCUT2D eigenvalue weighted by Crippen LogP contribution is 2.36. The minimum Gasteiger partial charge on any atom is -0.481 e. The SMILES string of the molecule is COc1cc(N(C2CC2)C2CCN(c3ncc(C)s3)CC2)ncn1. The Morgan fingerprint density at radius 2 is 1.88 bits per heavy atom. The molecule has 24 heavy (non-hydrogen) atoms. The van der Waals surface area contributed by atoms with Crippen molar-refractivity contribution in [1.29, 1.82) is 0 Å². The van der Waals surface area contributed by atoms with Crippen LogP contribution in [-0.4, -0.2) is 47.2 Å². The topological polar surface area (TPSA) is 54.4 Å². The lowest BCUT2D eigenvalue weighted by Crippen LogP contribution is -2.46. The Labute approximate surface area is 146 Å². The summed E-state index contributed by atoms with van der Waals surface area (Å²) in [5.41, 5.74) is 0. The summed E-state index contributed by atoms with van der Waals surface area (Å²) < 4.78 is 5.28. The predicted molar refractivity (Wildman–Crippen MR) is 96.2 cm³/mol. The number of thiazole rings is 1. The van der Waals surface area contributed by atoms with Gasteiger partial charge in [-0.1, -0.05) is 0 Å². The predicted octanol–water partition coefficient (Wildman–Crippen LogP) is 2.89. The lowest BCUT2D eigenvalue weighted by molar-refractivity contribution is 0.395. The zero-order valence-corrected chi connectivity index (χ0v) is 15.0. The normalized spacial score (nSPS) is 18.7. The van der Waals surface area contributed by atoms with Gasteiger partial charge in [-0.25, -0.2) is 15.0 Å². The molecule has 3 heterocycles. The van der Waals surface area contributed by atoms with E-state index in [0.717, 1.165) is 36.9 Å². The molecule has 128 valence electrons. The van der Waals surface area contributed by atoms with Gasteiger partial charge in [-0.05, 0) is 32.6 Å². The molecule has 2 aliphatic rings. The summed E-state index contributed by atoms with van der Waals surface area (Å²) in [6.07, 6.45) is 8.38. The van der Waals surface area contributed by atoms with Crippen LogP contribution in [0.3, 0.4) is 0 Å². The van der Waals surface area contributed by atoms with Crippen molar-refractivity contribution in [1.82, 2.24) is 15.0 Å². The van der Waals surface area contributed by atoms with Crippen LogP contribution < -0.4 is 14.5 Å². The minimum atomic E-state index is 0.536. The first-order chi connectivity index (χ1) is 11.7. The number of anilines is 2. The van der Waals surface area contributed by atoms with Gasteiger partial charge in [0, 0.05) is 42.3 Å². The van der Waals surface area contributed by atoms with Gasteiger partial charge in [0.1, 0.15) is 12.1 Å². The number of hydrogen-bond donors (Lipinski definition) is 0. The Balaban J connectivity index is 1.47. The van der Waals surface area contributed by atoms with Crippen molar-refractivity contribution in [3.05, 3.63) is 23.5 Å². The van der Waals surface area contributed by atoms with Gasteiger partial charge < -0.3 is 14.5 Å². The number of piperidine rings is 1. The summed E-state index contributed by atoms with van der Waals surface area (Å²) in [4.78, 5) is 19.4. The molecule has 0 amide bonds. The van der Waals surface area contributed by atoms with Crippen LogP contribution in [0.15, 0.2) is 18.6 Å². The van der Waals surface area contributed by atoms with E-state index in [0.29, 0.717) is 18.0 Å². The highest BCUT2D eigenvalue weighted by molar-refractivity contribution is 7.15. The standard InChI is InChI=1S/C17H23N5OS/c1-12-10-18-17(24-12)21-7-5-14(6-8-21)22(13-3-4-13)15-9-16(23-2)20-11-19-15/h9-11,13-14H,3-8H2,1-2H3. The first-order valence-corrected chi connectivity index (χ1v) is 9.38. The van der Waals surface area contributed by atoms with Gasteiger partial charge in [-0.15, -0.1) is 11.3 Å². The molecule has 1 aliphatic heterocycles. The summed E-state index contributed by atoms with van der Waals surface area (Å²) in [6.45, 7) is 4.23. The van der Waals surface area contributed by atoms with E-state index in [1.807, 2.05) is 12.3 Å². The second-order valence-corrected chi connectivity index (χ2v) is 7.74. The van der Waals surface area contributed by atoms with Crippen LogP contribution in [0.25, 0.3) is 0 Å². The maximum atomic E-state index is 5.28. The number of methoxy groups -OCH3 is 1. The lowest BCUT2D eigenvalue weighted by Gasteiger charge is -2.39. The fourth-order valence-corrected chi connectivity index (χ4v) is 4.24. The van der Waals surface area contributed by atoms with Crippen molar-refractivity contribution in [3.8, 4) is 5.88 Å². The van der Waals surface area contributed by atoms with Crippen molar-refractivity contribution >= 4 is 22.3 Å². The van der Waals surface area contributed by atoms with Crippen LogP contribution in [-0.2, 0) is 0 Å². The van der Waals surface area contributed by atoms with E-state index >= 15 is 0 Å². The van der Waals surface area contributed by atoms with Gasteiger partial charge in [-0.2, -0.15) is 0 Å². The van der Waals surface area contributed by atoms with E-state index in [1.165, 1.54) is 17.7 Å². The van der Waals surface area contributed by atoms with Gasteiger partial charge in [0.25, 0.3) is 0 Å². The van der Waals surface area contributed by atoms with E-state index in [-0.39, 0.29) is 0 Å². The molecule has 1 aliphatic carbocycles. The third kappa shape index (κ3) is 3.17. The molecule has 0 bridgehead atoms. The molecule has 0 aromatic carbocycles. The van der Waals surface area contributed by atoms with Gasteiger partial charge in [0.2, 0.25) is 5.88 Å². The summed E-state index contributed by atoms with van der Waals surface area (Å²) in [7, 11) is 1.65. The highest BCUT2D eigenvalue weighted by Gasteiger charge is 2.37. The van der Waals surface area contributed by atoms with Gasteiger partial charge in [0.15, 0.2) is 5.13 Å². The first kappa shape index (κ1) is 15.6. The molecule has 2 aromatic heterocycles. The summed E-state index contributed by atoms with van der Waals surface area (Å²) in [5, 5.41) is 1.16. The van der Waals surface area contributed by atoms with Crippen LogP contribution in [0.2, 0.25) is 0 Å². The molecule has 0 N–H and O–H groups in total. The Morgan fingerprint density at radius 1 is 1.12 bits per heavy atom. The molecule has 4 rings (SSSR count). The fraction of sp³-hybridized carbons (Fsp3) is 0.588. The maximum Gasteiger partial charge on any atom is 0.218 e. The second-order valence-electron chi connectivity index (χ2n) is 6.53. The van der Waals surface area contributed by atoms with E-state index < -0.39 is 0 Å². The van der Waals surface area contributed by atoms with Gasteiger partial charge in [-0.3, -0.25) is 0 Å². The molecular formula is C17H23N5OS. The maximum absolute atomic E-state index is 5.28. The highest BCUT2D eigenvalue weighted by atomic mass is 32.1. The van der Waals surface area contributed by atoms with Crippen molar-refractivity contribution in [2.45, 2.75) is 44.7 Å². The molecule has 1 saturated carbocycles. The average molecular weight is 345 g/mol. The molecule has 6 nitrogen and oxygen atoms in total. The number of ether oxygens (including phenoxy) is 1. The molecule has 1 saturated heterocycles. The van der Waals surface area contributed by atoms with Crippen LogP contribution in [0, 0.1) is 6.92 Å². The number of aryl methyl sites for hydroxylation is 1. The number of aromatic nitrogens is 3. The third-order valence-electron chi connectivity index (χ3n) is 4.78. The van der Waals surface area contributed by atoms with Gasteiger partial charge in [0.05, 0.1) is 7.11 Å². The molecule has 0 unspecified atom stereocenters. The second kappa shape index (κ2) is 6.55. The van der Waals surface area contributed by atoms with Gasteiger partial charge >= 0.3 is 0 Å². The number of rotatable bonds is 5. The lowest BCUT2D eigenvalue weighted by atomic mass is 10.0. The van der Waals surface area contributed by atoms with Crippen molar-refractivity contribution in [2.75, 3.05) is 30.0 Å². The summed E-state index contributed by atoms with van der Waals surface area (Å²) in [5.74, 6) is 1.65. The average Bonchev–Trinajstić information content (AvgIpc) is 3.36. The zero-order valence-electron chi connectivity index (χ0n) is 14.2. The largest absolute Gasteiger partial charge is 0.481 e. The quantitative estimate of drug-likeness (QED) is 0.830. The van der Waals surface area contributed by atoms with Crippen LogP contribution >= 0.6 is 11.3 Å².